The quantitative estimate of drug-likeness (QED) is 0.130. The van der Waals surface area contributed by atoms with E-state index in [2.05, 4.69) is 63.4 Å². The van der Waals surface area contributed by atoms with Crippen molar-refractivity contribution in [2.45, 2.75) is 120 Å². The van der Waals surface area contributed by atoms with E-state index < -0.39 is 0 Å². The second-order valence-corrected chi connectivity index (χ2v) is 18.8. The number of anilines is 2. The molecular formula is C43H55FN8S2. The molecule has 286 valence electrons. The number of rotatable bonds is 12. The fraction of sp³-hybridized carbons (Fsp3) is 0.581. The Kier molecular flexibility index (Phi) is 10.6. The van der Waals surface area contributed by atoms with Gasteiger partial charge in [-0.3, -0.25) is 0 Å². The lowest BCUT2D eigenvalue weighted by Crippen LogP contribution is -2.39. The summed E-state index contributed by atoms with van der Waals surface area (Å²) in [5.74, 6) is 3.41. The van der Waals surface area contributed by atoms with Crippen molar-refractivity contribution in [1.82, 2.24) is 29.7 Å². The number of halogens is 1. The summed E-state index contributed by atoms with van der Waals surface area (Å²) >= 11 is 3.71. The number of nitrogens with one attached hydrogen (secondary N) is 1. The van der Waals surface area contributed by atoms with Gasteiger partial charge in [-0.1, -0.05) is 30.7 Å². The van der Waals surface area contributed by atoms with Crippen molar-refractivity contribution in [2.24, 2.45) is 5.92 Å². The van der Waals surface area contributed by atoms with Crippen LogP contribution >= 0.6 is 22.7 Å². The molecule has 4 aliphatic carbocycles. The number of fused-ring (bicyclic) bond motifs is 6. The van der Waals surface area contributed by atoms with Gasteiger partial charge < -0.3 is 20.9 Å². The van der Waals surface area contributed by atoms with E-state index in [1.54, 1.807) is 12.7 Å². The van der Waals surface area contributed by atoms with Crippen LogP contribution in [0.15, 0.2) is 36.9 Å². The lowest BCUT2D eigenvalue weighted by atomic mass is 9.75. The van der Waals surface area contributed by atoms with E-state index in [9.17, 15) is 4.39 Å². The van der Waals surface area contributed by atoms with E-state index >= 15 is 0 Å². The van der Waals surface area contributed by atoms with Crippen LogP contribution < -0.4 is 11.1 Å². The number of aromatic nitrogens is 4. The normalized spacial score (nSPS) is 25.6. The Bertz CT molecular complexity index is 2090. The molecule has 0 bridgehead atoms. The smallest absolute Gasteiger partial charge is 0.138 e. The average molecular weight is 767 g/mol. The van der Waals surface area contributed by atoms with Crippen molar-refractivity contribution in [2.75, 3.05) is 44.9 Å². The van der Waals surface area contributed by atoms with Crippen LogP contribution in [0.5, 0.6) is 0 Å². The summed E-state index contributed by atoms with van der Waals surface area (Å²) < 4.78 is 12.9. The van der Waals surface area contributed by atoms with Crippen LogP contribution in [-0.4, -0.2) is 81.7 Å². The van der Waals surface area contributed by atoms with Crippen LogP contribution in [0.1, 0.15) is 114 Å². The largest absolute Gasteiger partial charge is 0.383 e. The molecular weight excluding hydrogens is 712 g/mol. The second kappa shape index (κ2) is 15.7. The number of nitrogens with zero attached hydrogens (tertiary/aromatic N) is 6. The Morgan fingerprint density at radius 2 is 1.67 bits per heavy atom. The number of hydrogen-bond acceptors (Lipinski definition) is 10. The van der Waals surface area contributed by atoms with Gasteiger partial charge >= 0.3 is 0 Å². The van der Waals surface area contributed by atoms with Crippen molar-refractivity contribution >= 4 is 54.7 Å². The number of alkyl halides is 1. The highest BCUT2D eigenvalue weighted by Gasteiger charge is 2.38. The Balaban J connectivity index is 0.817. The van der Waals surface area contributed by atoms with Crippen LogP contribution in [-0.2, 0) is 19.3 Å². The minimum Gasteiger partial charge on any atom is -0.383 e. The molecule has 9 rings (SSSR count). The zero-order valence-electron chi connectivity index (χ0n) is 31.9. The number of nitrogens with two attached hydrogens (primary N) is 1. The van der Waals surface area contributed by atoms with Gasteiger partial charge in [0.2, 0.25) is 0 Å². The molecule has 2 fully saturated rings. The highest BCUT2D eigenvalue weighted by molar-refractivity contribution is 7.19. The summed E-state index contributed by atoms with van der Waals surface area (Å²) in [4.78, 5) is 28.5. The number of nitrogen functional groups attached to an aromatic ring is 1. The molecule has 0 saturated heterocycles. The van der Waals surface area contributed by atoms with Gasteiger partial charge in [-0.2, -0.15) is 0 Å². The average Bonchev–Trinajstić information content (AvgIpc) is 3.96. The molecule has 4 aliphatic rings. The Hall–Kier alpha value is -3.25. The second-order valence-electron chi connectivity index (χ2n) is 16.7. The molecule has 1 aromatic carbocycles. The summed E-state index contributed by atoms with van der Waals surface area (Å²) in [6.45, 7) is 1.39. The van der Waals surface area contributed by atoms with Crippen LogP contribution in [0.25, 0.3) is 20.4 Å². The van der Waals surface area contributed by atoms with Crippen molar-refractivity contribution in [3.8, 4) is 0 Å². The molecule has 0 radical (unpaired) electrons. The van der Waals surface area contributed by atoms with Gasteiger partial charge in [0.25, 0.3) is 0 Å². The molecule has 2 saturated carbocycles. The molecule has 3 unspecified atom stereocenters. The van der Waals surface area contributed by atoms with Gasteiger partial charge in [-0.05, 0) is 138 Å². The van der Waals surface area contributed by atoms with Gasteiger partial charge in [-0.15, -0.1) is 22.7 Å². The Morgan fingerprint density at radius 1 is 0.852 bits per heavy atom. The van der Waals surface area contributed by atoms with Crippen molar-refractivity contribution in [3.63, 3.8) is 0 Å². The number of hydrogen-bond donors (Lipinski definition) is 2. The Morgan fingerprint density at radius 3 is 2.52 bits per heavy atom. The first-order chi connectivity index (χ1) is 26.4. The number of aryl methyl sites for hydroxylation is 3. The van der Waals surface area contributed by atoms with Crippen LogP contribution in [0.4, 0.5) is 16.0 Å². The first-order valence-corrected chi connectivity index (χ1v) is 22.2. The lowest BCUT2D eigenvalue weighted by Gasteiger charge is -2.38. The maximum atomic E-state index is 12.9. The molecule has 0 spiro atoms. The van der Waals surface area contributed by atoms with E-state index in [0.717, 1.165) is 78.8 Å². The fourth-order valence-electron chi connectivity index (χ4n) is 10.7. The zero-order chi connectivity index (χ0) is 36.8. The van der Waals surface area contributed by atoms with Crippen molar-refractivity contribution in [3.05, 3.63) is 68.9 Å². The molecule has 11 heteroatoms. The van der Waals surface area contributed by atoms with E-state index in [1.807, 2.05) is 22.7 Å². The third kappa shape index (κ3) is 7.03. The minimum atomic E-state index is -0.272. The predicted octanol–water partition coefficient (Wildman–Crippen LogP) is 9.13. The Labute approximate surface area is 327 Å². The van der Waals surface area contributed by atoms with E-state index in [-0.39, 0.29) is 6.67 Å². The van der Waals surface area contributed by atoms with Gasteiger partial charge in [0, 0.05) is 40.3 Å². The van der Waals surface area contributed by atoms with Crippen LogP contribution in [0, 0.1) is 5.92 Å². The maximum absolute atomic E-state index is 12.9. The molecule has 54 heavy (non-hydrogen) atoms. The lowest BCUT2D eigenvalue weighted by molar-refractivity contribution is 0.144. The van der Waals surface area contributed by atoms with E-state index in [4.69, 9.17) is 15.7 Å². The van der Waals surface area contributed by atoms with Crippen LogP contribution in [0.2, 0.25) is 0 Å². The summed E-state index contributed by atoms with van der Waals surface area (Å²) in [5.41, 5.74) is 12.3. The van der Waals surface area contributed by atoms with Gasteiger partial charge in [0.15, 0.2) is 0 Å². The summed E-state index contributed by atoms with van der Waals surface area (Å²) in [6, 6.07) is 11.0. The van der Waals surface area contributed by atoms with Gasteiger partial charge in [0.05, 0.1) is 10.8 Å². The third-order valence-corrected chi connectivity index (χ3v) is 16.0. The number of thiophene rings is 2. The number of benzene rings is 1. The zero-order valence-corrected chi connectivity index (χ0v) is 33.5. The molecule has 4 heterocycles. The molecule has 0 aliphatic heterocycles. The molecule has 4 aromatic heterocycles. The van der Waals surface area contributed by atoms with E-state index in [1.165, 1.54) is 75.9 Å². The summed E-state index contributed by atoms with van der Waals surface area (Å²) in [6.07, 6.45) is 19.9. The summed E-state index contributed by atoms with van der Waals surface area (Å²) in [7, 11) is 4.42. The maximum Gasteiger partial charge on any atom is 0.138 e. The highest BCUT2D eigenvalue weighted by atomic mass is 32.1. The van der Waals surface area contributed by atoms with Crippen molar-refractivity contribution in [1.29, 1.82) is 0 Å². The first-order valence-electron chi connectivity index (χ1n) is 20.5. The first kappa shape index (κ1) is 36.4. The van der Waals surface area contributed by atoms with Gasteiger partial charge in [0.1, 0.15) is 40.6 Å². The molecule has 0 amide bonds. The highest BCUT2D eigenvalue weighted by Crippen LogP contribution is 2.51. The minimum absolute atomic E-state index is 0.272. The predicted molar refractivity (Wildman–Crippen MR) is 222 cm³/mol. The molecule has 4 atom stereocenters. The monoisotopic (exact) mass is 766 g/mol. The summed E-state index contributed by atoms with van der Waals surface area (Å²) in [5, 5.41) is 6.23. The topological polar surface area (TPSA) is 96.1 Å². The SMILES string of the molecule is CN(CCF)C1CCC(Nc2ncnc3sc4c(c23)CCC4c2cccc(CCCN(C)[C@H]3CCCC(C4CCc5sc6ncnc(N)c6c54)C3)c2)CC1. The van der Waals surface area contributed by atoms with E-state index in [0.29, 0.717) is 48.2 Å². The fourth-order valence-corrected chi connectivity index (χ4v) is 13.3. The molecule has 5 aromatic rings. The third-order valence-electron chi connectivity index (χ3n) is 13.6. The standard InChI is InChI=1S/C43H55FN8S2/c1-51(31-10-4-9-28(23-31)32-17-18-35-36(32)38-40(45)46-24-48-43(38)53-35)20-5-7-26-6-3-8-27(22-26)33-15-16-34-37-41(47-25-49-42(37)54-39(33)34)50-29-11-13-30(14-12-29)52(2)21-19-44/h3,6,8,22,24-25,28-33H,4-5,7,9-21,23H2,1-2H3,(H2,45,46,48)(H,47,49,50)/t28?,29?,30?,31-,32?,33?/m0/s1. The molecule has 3 N–H and O–H groups in total. The van der Waals surface area contributed by atoms with Crippen molar-refractivity contribution < 1.29 is 4.39 Å². The van der Waals surface area contributed by atoms with Gasteiger partial charge in [-0.25, -0.2) is 24.3 Å². The molecule has 8 nitrogen and oxygen atoms in total. The van der Waals surface area contributed by atoms with Crippen LogP contribution in [0.3, 0.4) is 0 Å².